The number of aromatic nitrogens is 4. The number of rotatable bonds is 4. The average Bonchev–Trinajstić information content (AvgIpc) is 3.07. The van der Waals surface area contributed by atoms with Crippen molar-refractivity contribution in [2.45, 2.75) is 25.6 Å². The van der Waals surface area contributed by atoms with Crippen LogP contribution in [0.5, 0.6) is 0 Å². The van der Waals surface area contributed by atoms with Crippen LogP contribution in [-0.2, 0) is 0 Å². The first-order valence-corrected chi connectivity index (χ1v) is 9.08. The van der Waals surface area contributed by atoms with Crippen LogP contribution >= 0.6 is 11.6 Å². The van der Waals surface area contributed by atoms with E-state index in [1.165, 1.54) is 6.33 Å². The van der Waals surface area contributed by atoms with Crippen molar-refractivity contribution >= 4 is 40.2 Å². The molecule has 1 saturated heterocycles. The summed E-state index contributed by atoms with van der Waals surface area (Å²) in [5.74, 6) is 1.23. The number of hydrogen-bond donors (Lipinski definition) is 2. The molecule has 1 aliphatic heterocycles. The van der Waals surface area contributed by atoms with E-state index in [4.69, 9.17) is 22.3 Å². The second-order valence-corrected chi connectivity index (χ2v) is 6.99. The fourth-order valence-corrected chi connectivity index (χ4v) is 3.52. The molecule has 0 saturated carbocycles. The summed E-state index contributed by atoms with van der Waals surface area (Å²) < 4.78 is 13.8. The van der Waals surface area contributed by atoms with Gasteiger partial charge in [0.25, 0.3) is 0 Å². The largest absolute Gasteiger partial charge is 0.368 e. The lowest BCUT2D eigenvalue weighted by molar-refractivity contribution is 0.364. The van der Waals surface area contributed by atoms with Crippen LogP contribution in [-0.4, -0.2) is 39.2 Å². The van der Waals surface area contributed by atoms with Crippen LogP contribution in [0.15, 0.2) is 30.6 Å². The Kier molecular flexibility index (Phi) is 4.65. The molecule has 3 aromatic rings. The maximum atomic E-state index is 13.8. The molecule has 0 radical (unpaired) electrons. The Morgan fingerprint density at radius 2 is 2.19 bits per heavy atom. The first-order chi connectivity index (χ1) is 13.0. The quantitative estimate of drug-likeness (QED) is 0.708. The highest BCUT2D eigenvalue weighted by Crippen LogP contribution is 2.34. The van der Waals surface area contributed by atoms with E-state index in [0.717, 1.165) is 16.8 Å². The topological polar surface area (TPSA) is 92.8 Å². The summed E-state index contributed by atoms with van der Waals surface area (Å²) in [6.45, 7) is 2.91. The predicted octanol–water partition coefficient (Wildman–Crippen LogP) is 3.38. The van der Waals surface area contributed by atoms with Crippen LogP contribution in [0.25, 0.3) is 10.9 Å². The van der Waals surface area contributed by atoms with E-state index in [1.54, 1.807) is 6.07 Å². The van der Waals surface area contributed by atoms with E-state index in [0.29, 0.717) is 36.0 Å². The summed E-state index contributed by atoms with van der Waals surface area (Å²) in [4.78, 5) is 18.7. The molecular formula is C18H19ClFN7. The van der Waals surface area contributed by atoms with Crippen molar-refractivity contribution in [2.24, 2.45) is 0 Å². The lowest BCUT2D eigenvalue weighted by Crippen LogP contribution is -2.24. The molecule has 3 N–H and O–H groups in total. The van der Waals surface area contributed by atoms with Gasteiger partial charge in [-0.1, -0.05) is 23.7 Å². The zero-order valence-corrected chi connectivity index (χ0v) is 15.5. The summed E-state index contributed by atoms with van der Waals surface area (Å²) in [5.41, 5.74) is 7.25. The van der Waals surface area contributed by atoms with Crippen LogP contribution < -0.4 is 16.0 Å². The number of nitrogen functional groups attached to an aromatic ring is 1. The summed E-state index contributed by atoms with van der Waals surface area (Å²) in [6, 6.07) is 7.48. The standard InChI is InChI=1S/C18H19ClFN7/c1-10(24-18-23-9-22-17(21)26-18)13-7-11-3-2-4-14(19)15(11)25-16(13)27-6-5-12(20)8-27/h2-4,7,9-10,12H,5-6,8H2,1H3,(H3,21,22,23,24,26)/t10-,12+/m0/s1. The van der Waals surface area contributed by atoms with Crippen LogP contribution in [0.1, 0.15) is 24.9 Å². The van der Waals surface area contributed by atoms with Crippen molar-refractivity contribution in [1.29, 1.82) is 0 Å². The number of pyridine rings is 1. The van der Waals surface area contributed by atoms with E-state index in [9.17, 15) is 4.39 Å². The van der Waals surface area contributed by atoms with Crippen molar-refractivity contribution in [3.8, 4) is 0 Å². The fraction of sp³-hybridized carbons (Fsp3) is 0.333. The Morgan fingerprint density at radius 3 is 2.93 bits per heavy atom. The van der Waals surface area contributed by atoms with Gasteiger partial charge < -0.3 is 16.0 Å². The van der Waals surface area contributed by atoms with Gasteiger partial charge in [0.2, 0.25) is 11.9 Å². The number of para-hydroxylation sites is 1. The molecule has 9 heteroatoms. The Balaban J connectivity index is 1.77. The Bertz CT molecular complexity index is 983. The number of halogens is 2. The smallest absolute Gasteiger partial charge is 0.227 e. The van der Waals surface area contributed by atoms with E-state index < -0.39 is 6.17 Å². The number of benzene rings is 1. The first-order valence-electron chi connectivity index (χ1n) is 8.70. The van der Waals surface area contributed by atoms with Crippen LogP contribution in [0, 0.1) is 0 Å². The van der Waals surface area contributed by atoms with Gasteiger partial charge in [-0.15, -0.1) is 0 Å². The van der Waals surface area contributed by atoms with Crippen LogP contribution in [0.4, 0.5) is 22.1 Å². The molecule has 27 heavy (non-hydrogen) atoms. The van der Waals surface area contributed by atoms with Crippen LogP contribution in [0.3, 0.4) is 0 Å². The number of fused-ring (bicyclic) bond motifs is 1. The number of alkyl halides is 1. The minimum atomic E-state index is -0.854. The highest BCUT2D eigenvalue weighted by atomic mass is 35.5. The van der Waals surface area contributed by atoms with Gasteiger partial charge in [0, 0.05) is 17.5 Å². The second kappa shape index (κ2) is 7.11. The summed E-state index contributed by atoms with van der Waals surface area (Å²) >= 11 is 6.33. The summed E-state index contributed by atoms with van der Waals surface area (Å²) in [7, 11) is 0. The number of nitrogens with one attached hydrogen (secondary N) is 1. The van der Waals surface area contributed by atoms with Gasteiger partial charge in [-0.05, 0) is 25.5 Å². The zero-order chi connectivity index (χ0) is 19.0. The van der Waals surface area contributed by atoms with Gasteiger partial charge in [-0.3, -0.25) is 0 Å². The van der Waals surface area contributed by atoms with Gasteiger partial charge in [-0.2, -0.15) is 4.98 Å². The van der Waals surface area contributed by atoms with E-state index >= 15 is 0 Å². The maximum absolute atomic E-state index is 13.8. The van der Waals surface area contributed by atoms with Crippen LogP contribution in [0.2, 0.25) is 5.02 Å². The van der Waals surface area contributed by atoms with Gasteiger partial charge in [0.15, 0.2) is 0 Å². The molecule has 7 nitrogen and oxygen atoms in total. The molecule has 0 bridgehead atoms. The van der Waals surface area contributed by atoms with Crippen molar-refractivity contribution in [3.63, 3.8) is 0 Å². The number of hydrogen-bond acceptors (Lipinski definition) is 7. The maximum Gasteiger partial charge on any atom is 0.227 e. The average molecular weight is 388 g/mol. The van der Waals surface area contributed by atoms with Crippen molar-refractivity contribution in [1.82, 2.24) is 19.9 Å². The predicted molar refractivity (Wildman–Crippen MR) is 105 cm³/mol. The minimum absolute atomic E-state index is 0.142. The van der Waals surface area contributed by atoms with Gasteiger partial charge >= 0.3 is 0 Å². The third-order valence-corrected chi connectivity index (χ3v) is 4.94. The van der Waals surface area contributed by atoms with Gasteiger partial charge in [0.05, 0.1) is 23.1 Å². The number of anilines is 3. The monoisotopic (exact) mass is 387 g/mol. The Hall–Kier alpha value is -2.74. The van der Waals surface area contributed by atoms with E-state index in [2.05, 4.69) is 20.3 Å². The molecule has 1 aromatic carbocycles. The molecule has 140 valence electrons. The molecule has 3 heterocycles. The Morgan fingerprint density at radius 1 is 1.33 bits per heavy atom. The lowest BCUT2D eigenvalue weighted by atomic mass is 10.1. The first kappa shape index (κ1) is 17.7. The van der Waals surface area contributed by atoms with Gasteiger partial charge in [-0.25, -0.2) is 19.3 Å². The summed E-state index contributed by atoms with van der Waals surface area (Å²) in [6.07, 6.45) is 0.992. The molecule has 1 fully saturated rings. The zero-order valence-electron chi connectivity index (χ0n) is 14.7. The molecule has 4 rings (SSSR count). The minimum Gasteiger partial charge on any atom is -0.368 e. The Labute approximate surface area is 160 Å². The summed E-state index contributed by atoms with van der Waals surface area (Å²) in [5, 5.41) is 4.71. The molecule has 0 amide bonds. The van der Waals surface area contributed by atoms with Crippen molar-refractivity contribution < 1.29 is 4.39 Å². The molecule has 0 unspecified atom stereocenters. The molecule has 2 aromatic heterocycles. The fourth-order valence-electron chi connectivity index (χ4n) is 3.30. The number of nitrogens with two attached hydrogens (primary N) is 1. The van der Waals surface area contributed by atoms with Crippen molar-refractivity contribution in [3.05, 3.63) is 41.2 Å². The van der Waals surface area contributed by atoms with Crippen molar-refractivity contribution in [2.75, 3.05) is 29.0 Å². The lowest BCUT2D eigenvalue weighted by Gasteiger charge is -2.24. The van der Waals surface area contributed by atoms with E-state index in [1.807, 2.05) is 30.0 Å². The molecule has 0 aliphatic carbocycles. The normalized spacial score (nSPS) is 18.0. The molecular weight excluding hydrogens is 369 g/mol. The van der Waals surface area contributed by atoms with E-state index in [-0.39, 0.29) is 12.0 Å². The SMILES string of the molecule is C[C@H](Nc1ncnc(N)n1)c1cc2cccc(Cl)c2nc1N1CC[C@@H](F)C1. The molecule has 2 atom stereocenters. The number of nitrogens with zero attached hydrogens (tertiary/aromatic N) is 5. The second-order valence-electron chi connectivity index (χ2n) is 6.58. The third-order valence-electron chi connectivity index (χ3n) is 4.64. The third kappa shape index (κ3) is 3.57. The highest BCUT2D eigenvalue weighted by molar-refractivity contribution is 6.35. The highest BCUT2D eigenvalue weighted by Gasteiger charge is 2.27. The molecule has 0 spiro atoms. The van der Waals surface area contributed by atoms with Gasteiger partial charge in [0.1, 0.15) is 18.3 Å². The molecule has 1 aliphatic rings.